The molecule has 0 radical (unpaired) electrons. The van der Waals surface area contributed by atoms with Crippen LogP contribution in [0.3, 0.4) is 0 Å². The van der Waals surface area contributed by atoms with Gasteiger partial charge in [-0.3, -0.25) is 4.79 Å². The van der Waals surface area contributed by atoms with E-state index in [4.69, 9.17) is 10.3 Å². The highest BCUT2D eigenvalue weighted by atomic mass is 35.5. The standard InChI is InChI=1S/C19H26N4O2.ClH/c1-2-5-17-22-19(25-23-17)9-4-8-18(24)21-16-7-3-6-13-12-14(20)10-11-15(13)16;/h10-12,16H,2-9,20H2,1H3,(H,21,24);1H. The number of carbonyl (C=O) groups is 1. The van der Waals surface area contributed by atoms with E-state index < -0.39 is 0 Å². The summed E-state index contributed by atoms with van der Waals surface area (Å²) < 4.78 is 5.20. The molecule has 142 valence electrons. The second kappa shape index (κ2) is 9.57. The molecule has 0 aliphatic heterocycles. The van der Waals surface area contributed by atoms with Crippen molar-refractivity contribution in [2.75, 3.05) is 5.73 Å². The third-order valence-corrected chi connectivity index (χ3v) is 4.59. The highest BCUT2D eigenvalue weighted by Gasteiger charge is 2.21. The molecule has 3 rings (SSSR count). The first-order valence-electron chi connectivity index (χ1n) is 9.15. The molecule has 3 N–H and O–H groups in total. The van der Waals surface area contributed by atoms with Crippen LogP contribution in [0, 0.1) is 0 Å². The van der Waals surface area contributed by atoms with E-state index in [1.165, 1.54) is 11.1 Å². The number of aryl methyl sites for hydroxylation is 3. The van der Waals surface area contributed by atoms with Crippen LogP contribution >= 0.6 is 12.4 Å². The molecular weight excluding hydrogens is 352 g/mol. The van der Waals surface area contributed by atoms with Crippen LogP contribution < -0.4 is 11.1 Å². The van der Waals surface area contributed by atoms with Crippen molar-refractivity contribution in [2.45, 2.75) is 64.3 Å². The number of halogens is 1. The van der Waals surface area contributed by atoms with E-state index in [0.29, 0.717) is 25.2 Å². The summed E-state index contributed by atoms with van der Waals surface area (Å²) in [5.74, 6) is 1.44. The number of carbonyl (C=O) groups excluding carboxylic acids is 1. The number of nitrogens with two attached hydrogens (primary N) is 1. The van der Waals surface area contributed by atoms with Gasteiger partial charge < -0.3 is 15.6 Å². The Morgan fingerprint density at radius 3 is 3.04 bits per heavy atom. The molecule has 6 nitrogen and oxygen atoms in total. The summed E-state index contributed by atoms with van der Waals surface area (Å²) in [5.41, 5.74) is 9.11. The van der Waals surface area contributed by atoms with Gasteiger partial charge >= 0.3 is 0 Å². The number of aromatic nitrogens is 2. The summed E-state index contributed by atoms with van der Waals surface area (Å²) in [6.45, 7) is 2.08. The molecule has 0 saturated heterocycles. The number of hydrogen-bond donors (Lipinski definition) is 2. The van der Waals surface area contributed by atoms with Gasteiger partial charge in [-0.1, -0.05) is 18.1 Å². The maximum Gasteiger partial charge on any atom is 0.226 e. The van der Waals surface area contributed by atoms with Crippen molar-refractivity contribution in [2.24, 2.45) is 0 Å². The summed E-state index contributed by atoms with van der Waals surface area (Å²) in [6, 6.07) is 6.07. The molecular formula is C19H27ClN4O2. The summed E-state index contributed by atoms with van der Waals surface area (Å²) in [5, 5.41) is 7.09. The topological polar surface area (TPSA) is 94.0 Å². The lowest BCUT2D eigenvalue weighted by atomic mass is 9.87. The number of nitrogens with zero attached hydrogens (tertiary/aromatic N) is 2. The summed E-state index contributed by atoms with van der Waals surface area (Å²) in [7, 11) is 0. The monoisotopic (exact) mass is 378 g/mol. The maximum absolute atomic E-state index is 12.3. The predicted octanol–water partition coefficient (Wildman–Crippen LogP) is 3.54. The second-order valence-electron chi connectivity index (χ2n) is 6.68. The van der Waals surface area contributed by atoms with Gasteiger partial charge in [0.1, 0.15) is 0 Å². The van der Waals surface area contributed by atoms with Crippen molar-refractivity contribution in [3.63, 3.8) is 0 Å². The minimum atomic E-state index is 0. The molecule has 1 aliphatic rings. The number of anilines is 1. The van der Waals surface area contributed by atoms with Crippen molar-refractivity contribution >= 4 is 24.0 Å². The van der Waals surface area contributed by atoms with E-state index >= 15 is 0 Å². The maximum atomic E-state index is 12.3. The summed E-state index contributed by atoms with van der Waals surface area (Å²) >= 11 is 0. The lowest BCUT2D eigenvalue weighted by molar-refractivity contribution is -0.122. The normalized spacial score (nSPS) is 15.8. The Morgan fingerprint density at radius 2 is 2.23 bits per heavy atom. The fraction of sp³-hybridized carbons (Fsp3) is 0.526. The molecule has 0 bridgehead atoms. The Bertz CT molecular complexity index is 732. The molecule has 1 heterocycles. The molecule has 0 fully saturated rings. The Kier molecular flexibility index (Phi) is 7.45. The first-order chi connectivity index (χ1) is 12.2. The van der Waals surface area contributed by atoms with E-state index in [-0.39, 0.29) is 24.4 Å². The van der Waals surface area contributed by atoms with Crippen LogP contribution in [-0.2, 0) is 24.1 Å². The SMILES string of the molecule is CCCc1noc(CCCC(=O)NC2CCCc3cc(N)ccc32)n1.Cl. The van der Waals surface area contributed by atoms with E-state index in [9.17, 15) is 4.79 Å². The molecule has 26 heavy (non-hydrogen) atoms. The zero-order valence-corrected chi connectivity index (χ0v) is 16.0. The van der Waals surface area contributed by atoms with Crippen LogP contribution in [0.4, 0.5) is 5.69 Å². The molecule has 7 heteroatoms. The average molecular weight is 379 g/mol. The van der Waals surface area contributed by atoms with Gasteiger partial charge in [-0.05, 0) is 55.4 Å². The Balaban J connectivity index is 0.00000243. The highest BCUT2D eigenvalue weighted by molar-refractivity contribution is 5.85. The molecule has 2 aromatic rings. The van der Waals surface area contributed by atoms with E-state index in [1.54, 1.807) is 0 Å². The number of fused-ring (bicyclic) bond motifs is 1. The Hall–Kier alpha value is -2.08. The van der Waals surface area contributed by atoms with Gasteiger partial charge in [0.25, 0.3) is 0 Å². The second-order valence-corrected chi connectivity index (χ2v) is 6.68. The Morgan fingerprint density at radius 1 is 1.38 bits per heavy atom. The van der Waals surface area contributed by atoms with Crippen molar-refractivity contribution in [3.05, 3.63) is 41.0 Å². The van der Waals surface area contributed by atoms with Crippen LogP contribution in [0.2, 0.25) is 0 Å². The number of hydrogen-bond acceptors (Lipinski definition) is 5. The molecule has 1 unspecified atom stereocenters. The van der Waals surface area contributed by atoms with Crippen LogP contribution in [0.25, 0.3) is 0 Å². The van der Waals surface area contributed by atoms with Gasteiger partial charge in [0.15, 0.2) is 5.82 Å². The molecule has 1 aromatic heterocycles. The average Bonchev–Trinajstić information content (AvgIpc) is 3.02. The van der Waals surface area contributed by atoms with Crippen LogP contribution in [0.1, 0.15) is 67.9 Å². The quantitative estimate of drug-likeness (QED) is 0.718. The van der Waals surface area contributed by atoms with E-state index in [0.717, 1.165) is 43.6 Å². The smallest absolute Gasteiger partial charge is 0.226 e. The third kappa shape index (κ3) is 5.21. The summed E-state index contributed by atoms with van der Waals surface area (Å²) in [6.07, 6.45) is 6.72. The van der Waals surface area contributed by atoms with Crippen molar-refractivity contribution in [1.82, 2.24) is 15.5 Å². The fourth-order valence-electron chi connectivity index (χ4n) is 3.37. The minimum Gasteiger partial charge on any atom is -0.399 e. The van der Waals surface area contributed by atoms with Crippen molar-refractivity contribution < 1.29 is 9.32 Å². The van der Waals surface area contributed by atoms with Crippen molar-refractivity contribution in [1.29, 1.82) is 0 Å². The predicted molar refractivity (Wildman–Crippen MR) is 103 cm³/mol. The van der Waals surface area contributed by atoms with Crippen LogP contribution in [0.5, 0.6) is 0 Å². The number of nitrogen functional groups attached to an aromatic ring is 1. The van der Waals surface area contributed by atoms with Crippen LogP contribution in [0.15, 0.2) is 22.7 Å². The van der Waals surface area contributed by atoms with Gasteiger partial charge in [-0.2, -0.15) is 4.98 Å². The Labute approximate surface area is 160 Å². The number of amides is 1. The first kappa shape index (κ1) is 20.2. The lowest BCUT2D eigenvalue weighted by Gasteiger charge is -2.26. The molecule has 0 saturated carbocycles. The molecule has 1 amide bonds. The number of rotatable bonds is 7. The number of benzene rings is 1. The molecule has 1 aromatic carbocycles. The highest BCUT2D eigenvalue weighted by Crippen LogP contribution is 2.31. The molecule has 1 atom stereocenters. The zero-order chi connectivity index (χ0) is 17.6. The third-order valence-electron chi connectivity index (χ3n) is 4.59. The van der Waals surface area contributed by atoms with Gasteiger partial charge in [-0.25, -0.2) is 0 Å². The molecule has 1 aliphatic carbocycles. The largest absolute Gasteiger partial charge is 0.399 e. The fourth-order valence-corrected chi connectivity index (χ4v) is 3.37. The van der Waals surface area contributed by atoms with E-state index in [2.05, 4.69) is 22.4 Å². The van der Waals surface area contributed by atoms with Gasteiger partial charge in [-0.15, -0.1) is 12.4 Å². The summed E-state index contributed by atoms with van der Waals surface area (Å²) in [4.78, 5) is 16.6. The first-order valence-corrected chi connectivity index (χ1v) is 9.15. The van der Waals surface area contributed by atoms with Gasteiger partial charge in [0, 0.05) is 24.9 Å². The van der Waals surface area contributed by atoms with Gasteiger partial charge in [0.05, 0.1) is 6.04 Å². The minimum absolute atomic E-state index is 0. The zero-order valence-electron chi connectivity index (χ0n) is 15.2. The van der Waals surface area contributed by atoms with E-state index in [1.807, 2.05) is 18.2 Å². The lowest BCUT2D eigenvalue weighted by Crippen LogP contribution is -2.30. The van der Waals surface area contributed by atoms with Crippen LogP contribution in [-0.4, -0.2) is 16.0 Å². The van der Waals surface area contributed by atoms with Gasteiger partial charge in [0.2, 0.25) is 11.8 Å². The van der Waals surface area contributed by atoms with Crippen molar-refractivity contribution in [3.8, 4) is 0 Å². The number of nitrogens with one attached hydrogen (secondary N) is 1. The molecule has 0 spiro atoms.